The first-order valence-corrected chi connectivity index (χ1v) is 7.51. The van der Waals surface area contributed by atoms with Gasteiger partial charge in [0.2, 0.25) is 0 Å². The lowest BCUT2D eigenvalue weighted by atomic mass is 10.0. The van der Waals surface area contributed by atoms with Crippen molar-refractivity contribution in [2.24, 2.45) is 7.05 Å². The minimum Gasteiger partial charge on any atom is -0.296 e. The Morgan fingerprint density at radius 3 is 2.83 bits per heavy atom. The lowest BCUT2D eigenvalue weighted by molar-refractivity contribution is -0.124. The second-order valence-corrected chi connectivity index (χ2v) is 6.08. The molecule has 4 rings (SSSR count). The minimum atomic E-state index is -1.60. The fourth-order valence-corrected chi connectivity index (χ4v) is 2.63. The first-order chi connectivity index (χ1) is 11.0. The van der Waals surface area contributed by atoms with Crippen LogP contribution in [-0.4, -0.2) is 31.4 Å². The van der Waals surface area contributed by atoms with Crippen molar-refractivity contribution in [3.8, 4) is 11.3 Å². The SMILES string of the molecule is Cn1cc(-c2ccc3cnc(CC(=O)C4(F)CC4)cc3c2)nn1. The molecule has 2 aromatic heterocycles. The van der Waals surface area contributed by atoms with Crippen molar-refractivity contribution in [3.63, 3.8) is 0 Å². The molecule has 1 fully saturated rings. The maximum atomic E-state index is 13.8. The normalized spacial score (nSPS) is 15.7. The molecule has 0 bridgehead atoms. The largest absolute Gasteiger partial charge is 0.296 e. The van der Waals surface area contributed by atoms with Gasteiger partial charge in [0.15, 0.2) is 11.5 Å². The molecule has 2 heterocycles. The zero-order chi connectivity index (χ0) is 16.0. The lowest BCUT2D eigenvalue weighted by Crippen LogP contribution is -2.19. The fraction of sp³-hybridized carbons (Fsp3) is 0.294. The Morgan fingerprint density at radius 1 is 1.30 bits per heavy atom. The predicted octanol–water partition coefficient (Wildman–Crippen LogP) is 2.64. The molecule has 1 aromatic carbocycles. The van der Waals surface area contributed by atoms with E-state index in [2.05, 4.69) is 15.3 Å². The highest BCUT2D eigenvalue weighted by molar-refractivity contribution is 5.92. The molecule has 1 saturated carbocycles. The minimum absolute atomic E-state index is 0.0435. The van der Waals surface area contributed by atoms with Gasteiger partial charge >= 0.3 is 0 Å². The van der Waals surface area contributed by atoms with E-state index in [9.17, 15) is 9.18 Å². The number of Topliss-reactive ketones (excluding diaryl/α,β-unsaturated/α-hetero) is 1. The van der Waals surface area contributed by atoms with Gasteiger partial charge in [-0.25, -0.2) is 4.39 Å². The maximum Gasteiger partial charge on any atom is 0.175 e. The quantitative estimate of drug-likeness (QED) is 0.743. The molecule has 1 aliphatic carbocycles. The third kappa shape index (κ3) is 2.60. The van der Waals surface area contributed by atoms with Crippen LogP contribution in [0.5, 0.6) is 0 Å². The molecule has 6 heteroatoms. The van der Waals surface area contributed by atoms with Crippen LogP contribution in [0.4, 0.5) is 4.39 Å². The topological polar surface area (TPSA) is 60.7 Å². The zero-order valence-electron chi connectivity index (χ0n) is 12.7. The number of alkyl halides is 1. The van der Waals surface area contributed by atoms with Crippen molar-refractivity contribution in [2.75, 3.05) is 0 Å². The standard InChI is InChI=1S/C17H15FN4O/c1-22-10-15(20-21-22)11-2-3-12-9-19-14(7-13(12)6-11)8-16(23)17(18)4-5-17/h2-3,6-7,9-10H,4-5,8H2,1H3. The molecule has 0 saturated heterocycles. The molecule has 0 aliphatic heterocycles. The van der Waals surface area contributed by atoms with Gasteiger partial charge < -0.3 is 0 Å². The molecule has 0 N–H and O–H groups in total. The van der Waals surface area contributed by atoms with E-state index in [1.165, 1.54) is 0 Å². The lowest BCUT2D eigenvalue weighted by Gasteiger charge is -2.06. The monoisotopic (exact) mass is 310 g/mol. The van der Waals surface area contributed by atoms with Gasteiger partial charge in [0.25, 0.3) is 0 Å². The average Bonchev–Trinajstić information content (AvgIpc) is 3.15. The number of ketones is 1. The molecular weight excluding hydrogens is 295 g/mol. The van der Waals surface area contributed by atoms with Gasteiger partial charge in [-0.1, -0.05) is 17.3 Å². The van der Waals surface area contributed by atoms with Crippen LogP contribution in [0.1, 0.15) is 18.5 Å². The molecule has 3 aromatic rings. The van der Waals surface area contributed by atoms with Gasteiger partial charge in [0.1, 0.15) is 5.69 Å². The zero-order valence-corrected chi connectivity index (χ0v) is 12.7. The molecule has 116 valence electrons. The number of hydrogen-bond acceptors (Lipinski definition) is 4. The van der Waals surface area contributed by atoms with Gasteiger partial charge in [-0.15, -0.1) is 5.10 Å². The number of aromatic nitrogens is 4. The van der Waals surface area contributed by atoms with Crippen LogP contribution in [0.3, 0.4) is 0 Å². The summed E-state index contributed by atoms with van der Waals surface area (Å²) in [6, 6.07) is 7.74. The van der Waals surface area contributed by atoms with Crippen molar-refractivity contribution in [2.45, 2.75) is 24.9 Å². The first kappa shape index (κ1) is 14.0. The summed E-state index contributed by atoms with van der Waals surface area (Å²) in [5.74, 6) is -0.366. The smallest absolute Gasteiger partial charge is 0.175 e. The third-order valence-electron chi connectivity index (χ3n) is 4.21. The van der Waals surface area contributed by atoms with Crippen LogP contribution in [-0.2, 0) is 18.3 Å². The molecule has 0 spiro atoms. The average molecular weight is 310 g/mol. The summed E-state index contributed by atoms with van der Waals surface area (Å²) in [5, 5.41) is 9.95. The Bertz CT molecular complexity index is 914. The summed E-state index contributed by atoms with van der Waals surface area (Å²) in [4.78, 5) is 16.2. The predicted molar refractivity (Wildman–Crippen MR) is 83.5 cm³/mol. The molecule has 0 atom stereocenters. The highest BCUT2D eigenvalue weighted by atomic mass is 19.1. The van der Waals surface area contributed by atoms with Crippen LogP contribution in [0, 0.1) is 0 Å². The van der Waals surface area contributed by atoms with Gasteiger partial charge in [-0.3, -0.25) is 14.5 Å². The molecule has 0 radical (unpaired) electrons. The Kier molecular flexibility index (Phi) is 3.01. The van der Waals surface area contributed by atoms with Gasteiger partial charge in [-0.2, -0.15) is 0 Å². The van der Waals surface area contributed by atoms with Gasteiger partial charge in [-0.05, 0) is 30.4 Å². The van der Waals surface area contributed by atoms with Crippen molar-refractivity contribution < 1.29 is 9.18 Å². The van der Waals surface area contributed by atoms with Gasteiger partial charge in [0.05, 0.1) is 12.6 Å². The number of aryl methyl sites for hydroxylation is 1. The third-order valence-corrected chi connectivity index (χ3v) is 4.21. The highest BCUT2D eigenvalue weighted by Crippen LogP contribution is 2.41. The molecular formula is C17H15FN4O. The Morgan fingerprint density at radius 2 is 2.13 bits per heavy atom. The molecule has 1 aliphatic rings. The van der Waals surface area contributed by atoms with E-state index in [1.807, 2.05) is 37.5 Å². The Hall–Kier alpha value is -2.63. The van der Waals surface area contributed by atoms with Crippen LogP contribution in [0.2, 0.25) is 0 Å². The maximum absolute atomic E-state index is 13.8. The van der Waals surface area contributed by atoms with E-state index < -0.39 is 5.67 Å². The van der Waals surface area contributed by atoms with Crippen molar-refractivity contribution in [1.82, 2.24) is 20.0 Å². The Balaban J connectivity index is 1.68. The van der Waals surface area contributed by atoms with Crippen LogP contribution in [0.15, 0.2) is 36.7 Å². The molecule has 0 amide bonds. The van der Waals surface area contributed by atoms with E-state index in [1.54, 1.807) is 10.9 Å². The summed E-state index contributed by atoms with van der Waals surface area (Å²) in [6.07, 6.45) is 4.29. The summed E-state index contributed by atoms with van der Waals surface area (Å²) in [5.41, 5.74) is 0.725. The van der Waals surface area contributed by atoms with Crippen LogP contribution < -0.4 is 0 Å². The van der Waals surface area contributed by atoms with E-state index >= 15 is 0 Å². The van der Waals surface area contributed by atoms with Crippen molar-refractivity contribution in [1.29, 1.82) is 0 Å². The number of pyridine rings is 1. The number of hydrogen-bond donors (Lipinski definition) is 0. The van der Waals surface area contributed by atoms with Gasteiger partial charge in [0, 0.05) is 29.9 Å². The number of carbonyl (C=O) groups excluding carboxylic acids is 1. The number of carbonyl (C=O) groups is 1. The second kappa shape index (κ2) is 4.94. The van der Waals surface area contributed by atoms with Crippen molar-refractivity contribution >= 4 is 16.6 Å². The summed E-state index contributed by atoms with van der Waals surface area (Å²) in [7, 11) is 1.82. The van der Waals surface area contributed by atoms with Crippen LogP contribution >= 0.6 is 0 Å². The van der Waals surface area contributed by atoms with Crippen molar-refractivity contribution in [3.05, 3.63) is 42.4 Å². The fourth-order valence-electron chi connectivity index (χ4n) is 2.63. The molecule has 5 nitrogen and oxygen atoms in total. The van der Waals surface area contributed by atoms with E-state index in [0.717, 1.165) is 22.0 Å². The Labute approximate surface area is 132 Å². The summed E-state index contributed by atoms with van der Waals surface area (Å²) >= 11 is 0. The first-order valence-electron chi connectivity index (χ1n) is 7.51. The van der Waals surface area contributed by atoms with E-state index in [0.29, 0.717) is 18.5 Å². The van der Waals surface area contributed by atoms with Crippen LogP contribution in [0.25, 0.3) is 22.0 Å². The highest BCUT2D eigenvalue weighted by Gasteiger charge is 2.49. The number of rotatable bonds is 4. The van der Waals surface area contributed by atoms with E-state index in [4.69, 9.17) is 0 Å². The van der Waals surface area contributed by atoms with E-state index in [-0.39, 0.29) is 12.2 Å². The summed E-state index contributed by atoms with van der Waals surface area (Å²) < 4.78 is 15.4. The second-order valence-electron chi connectivity index (χ2n) is 6.08. The number of nitrogens with zero attached hydrogens (tertiary/aromatic N) is 4. The number of fused-ring (bicyclic) bond motifs is 1. The molecule has 23 heavy (non-hydrogen) atoms. The summed E-state index contributed by atoms with van der Waals surface area (Å²) in [6.45, 7) is 0. The molecule has 0 unspecified atom stereocenters. The number of halogens is 1. The number of benzene rings is 1.